The first-order chi connectivity index (χ1) is 11.5. The van der Waals surface area contributed by atoms with E-state index in [-0.39, 0.29) is 18.8 Å². The minimum Gasteiger partial charge on any atom is -0.469 e. The molecule has 1 N–H and O–H groups in total. The Morgan fingerprint density at radius 3 is 1.96 bits per heavy atom. The Balaban J connectivity index is 4.17. The molecule has 0 aliphatic heterocycles. The van der Waals surface area contributed by atoms with Crippen molar-refractivity contribution in [2.75, 3.05) is 7.11 Å². The van der Waals surface area contributed by atoms with Crippen molar-refractivity contribution in [3.8, 4) is 0 Å². The van der Waals surface area contributed by atoms with Crippen LogP contribution in [0.3, 0.4) is 0 Å². The van der Waals surface area contributed by atoms with Gasteiger partial charge in [-0.15, -0.1) is 0 Å². The highest BCUT2D eigenvalue weighted by atomic mass is 16.6. The van der Waals surface area contributed by atoms with Crippen molar-refractivity contribution >= 4 is 11.9 Å². The van der Waals surface area contributed by atoms with Crippen LogP contribution in [0.15, 0.2) is 0 Å². The number of carbonyl (C=O) groups is 2. The highest BCUT2D eigenvalue weighted by Crippen LogP contribution is 2.15. The van der Waals surface area contributed by atoms with E-state index in [9.17, 15) is 14.7 Å². The van der Waals surface area contributed by atoms with Gasteiger partial charge in [0.15, 0.2) is 0 Å². The molecule has 142 valence electrons. The lowest BCUT2D eigenvalue weighted by Crippen LogP contribution is -2.25. The number of methoxy groups -OCH3 is 1. The smallest absolute Gasteiger partial charge is 0.309 e. The van der Waals surface area contributed by atoms with Crippen molar-refractivity contribution in [2.24, 2.45) is 0 Å². The van der Waals surface area contributed by atoms with Gasteiger partial charge in [0.2, 0.25) is 0 Å². The van der Waals surface area contributed by atoms with Crippen LogP contribution in [-0.2, 0) is 19.1 Å². The average Bonchev–Trinajstić information content (AvgIpc) is 2.55. The summed E-state index contributed by atoms with van der Waals surface area (Å²) in [7, 11) is 1.33. The Labute approximate surface area is 147 Å². The molecular formula is C19H36O5. The molecule has 5 nitrogen and oxygen atoms in total. The first-order valence-corrected chi connectivity index (χ1v) is 9.47. The Hall–Kier alpha value is -1.10. The van der Waals surface area contributed by atoms with Gasteiger partial charge in [-0.25, -0.2) is 0 Å². The third-order valence-corrected chi connectivity index (χ3v) is 4.09. The molecule has 0 aromatic rings. The number of esters is 2. The lowest BCUT2D eigenvalue weighted by atomic mass is 10.1. The Bertz CT molecular complexity index is 330. The monoisotopic (exact) mass is 344 g/mol. The summed E-state index contributed by atoms with van der Waals surface area (Å²) in [5, 5.41) is 9.91. The quantitative estimate of drug-likeness (QED) is 0.357. The highest BCUT2D eigenvalue weighted by Gasteiger charge is 2.20. The molecule has 0 spiro atoms. The molecule has 0 saturated heterocycles. The van der Waals surface area contributed by atoms with Crippen molar-refractivity contribution in [1.82, 2.24) is 0 Å². The Morgan fingerprint density at radius 2 is 1.42 bits per heavy atom. The van der Waals surface area contributed by atoms with Gasteiger partial charge in [-0.05, 0) is 19.3 Å². The van der Waals surface area contributed by atoms with E-state index in [1.165, 1.54) is 7.11 Å². The molecule has 0 aromatic carbocycles. The molecule has 0 aliphatic rings. The van der Waals surface area contributed by atoms with E-state index in [0.717, 1.165) is 51.4 Å². The lowest BCUT2D eigenvalue weighted by molar-refractivity contribution is -0.156. The van der Waals surface area contributed by atoms with Crippen LogP contribution in [0.4, 0.5) is 0 Å². The molecule has 24 heavy (non-hydrogen) atoms. The summed E-state index contributed by atoms with van der Waals surface area (Å²) in [6, 6.07) is 0. The number of carbonyl (C=O) groups excluding carboxylic acids is 2. The fraction of sp³-hybridized carbons (Fsp3) is 0.895. The van der Waals surface area contributed by atoms with Crippen LogP contribution in [0.1, 0.15) is 90.9 Å². The number of aliphatic hydroxyl groups excluding tert-OH is 1. The number of hydrogen-bond donors (Lipinski definition) is 1. The zero-order chi connectivity index (χ0) is 18.2. The van der Waals surface area contributed by atoms with Crippen molar-refractivity contribution in [2.45, 2.75) is 103 Å². The van der Waals surface area contributed by atoms with Gasteiger partial charge in [0.25, 0.3) is 0 Å². The molecule has 0 aromatic heterocycles. The first-order valence-electron chi connectivity index (χ1n) is 9.47. The van der Waals surface area contributed by atoms with Crippen LogP contribution in [-0.4, -0.2) is 36.4 Å². The molecule has 0 amide bonds. The highest BCUT2D eigenvalue weighted by molar-refractivity contribution is 5.72. The van der Waals surface area contributed by atoms with Crippen molar-refractivity contribution < 1.29 is 24.2 Å². The zero-order valence-corrected chi connectivity index (χ0v) is 15.7. The minimum atomic E-state index is -0.659. The summed E-state index contributed by atoms with van der Waals surface area (Å²) >= 11 is 0. The maximum absolute atomic E-state index is 12.0. The van der Waals surface area contributed by atoms with Crippen LogP contribution in [0.2, 0.25) is 0 Å². The van der Waals surface area contributed by atoms with Crippen LogP contribution in [0.25, 0.3) is 0 Å². The van der Waals surface area contributed by atoms with E-state index < -0.39 is 18.2 Å². The standard InChI is InChI=1S/C19H36O5/c1-4-6-8-10-12-16(20)14-19(22)24-17(15-18(21)23-3)13-11-9-7-5-2/h16-17,20H,4-15H2,1-3H3/t16-,17-/m1/s1. The third-order valence-electron chi connectivity index (χ3n) is 4.09. The second-order valence-corrected chi connectivity index (χ2v) is 6.45. The molecular weight excluding hydrogens is 308 g/mol. The van der Waals surface area contributed by atoms with E-state index in [1.807, 2.05) is 0 Å². The van der Waals surface area contributed by atoms with Gasteiger partial charge in [0.05, 0.1) is 26.1 Å². The Kier molecular flexibility index (Phi) is 14.7. The van der Waals surface area contributed by atoms with E-state index in [0.29, 0.717) is 12.8 Å². The normalized spacial score (nSPS) is 13.3. The van der Waals surface area contributed by atoms with E-state index in [1.54, 1.807) is 0 Å². The van der Waals surface area contributed by atoms with Gasteiger partial charge in [0.1, 0.15) is 6.10 Å². The van der Waals surface area contributed by atoms with Gasteiger partial charge in [-0.1, -0.05) is 58.8 Å². The summed E-state index contributed by atoms with van der Waals surface area (Å²) in [4.78, 5) is 23.4. The second kappa shape index (κ2) is 15.4. The van der Waals surface area contributed by atoms with Crippen LogP contribution < -0.4 is 0 Å². The molecule has 0 fully saturated rings. The van der Waals surface area contributed by atoms with Gasteiger partial charge in [-0.3, -0.25) is 9.59 Å². The minimum absolute atomic E-state index is 0.00123. The number of hydrogen-bond acceptors (Lipinski definition) is 5. The SMILES string of the molecule is CCCCCC[C@@H](O)CC(=O)O[C@H](CCCCCC)CC(=O)OC. The second-order valence-electron chi connectivity index (χ2n) is 6.45. The van der Waals surface area contributed by atoms with Crippen LogP contribution >= 0.6 is 0 Å². The van der Waals surface area contributed by atoms with E-state index >= 15 is 0 Å². The summed E-state index contributed by atoms with van der Waals surface area (Å²) < 4.78 is 10.1. The van der Waals surface area contributed by atoms with Crippen molar-refractivity contribution in [3.63, 3.8) is 0 Å². The summed E-state index contributed by atoms with van der Waals surface area (Å²) in [5.74, 6) is -0.800. The number of ether oxygens (including phenoxy) is 2. The maximum Gasteiger partial charge on any atom is 0.309 e. The molecule has 0 rings (SSSR count). The van der Waals surface area contributed by atoms with E-state index in [4.69, 9.17) is 4.74 Å². The van der Waals surface area contributed by atoms with Crippen molar-refractivity contribution in [3.05, 3.63) is 0 Å². The van der Waals surface area contributed by atoms with Gasteiger partial charge >= 0.3 is 11.9 Å². The zero-order valence-electron chi connectivity index (χ0n) is 15.7. The predicted molar refractivity (Wildman–Crippen MR) is 94.7 cm³/mol. The molecule has 5 heteroatoms. The van der Waals surface area contributed by atoms with Gasteiger partial charge in [0, 0.05) is 0 Å². The molecule has 0 aliphatic carbocycles. The molecule has 0 unspecified atom stereocenters. The average molecular weight is 344 g/mol. The largest absolute Gasteiger partial charge is 0.469 e. The summed E-state index contributed by atoms with van der Waals surface area (Å²) in [5.41, 5.74) is 0. The Morgan fingerprint density at radius 1 is 0.833 bits per heavy atom. The summed E-state index contributed by atoms with van der Waals surface area (Å²) in [6.45, 7) is 4.27. The molecule has 2 atom stereocenters. The number of aliphatic hydroxyl groups is 1. The number of unbranched alkanes of at least 4 members (excludes halogenated alkanes) is 6. The number of rotatable bonds is 15. The van der Waals surface area contributed by atoms with E-state index in [2.05, 4.69) is 18.6 Å². The third kappa shape index (κ3) is 13.3. The van der Waals surface area contributed by atoms with Gasteiger partial charge < -0.3 is 14.6 Å². The van der Waals surface area contributed by atoms with Crippen LogP contribution in [0, 0.1) is 0 Å². The maximum atomic E-state index is 12.0. The summed E-state index contributed by atoms with van der Waals surface area (Å²) in [6.07, 6.45) is 8.79. The molecule has 0 bridgehead atoms. The topological polar surface area (TPSA) is 72.8 Å². The van der Waals surface area contributed by atoms with Crippen LogP contribution in [0.5, 0.6) is 0 Å². The molecule has 0 radical (unpaired) electrons. The lowest BCUT2D eigenvalue weighted by Gasteiger charge is -2.18. The first kappa shape index (κ1) is 22.9. The predicted octanol–water partition coefficient (Wildman–Crippen LogP) is 4.15. The molecule has 0 heterocycles. The fourth-order valence-electron chi connectivity index (χ4n) is 2.61. The van der Waals surface area contributed by atoms with Gasteiger partial charge in [-0.2, -0.15) is 0 Å². The fourth-order valence-corrected chi connectivity index (χ4v) is 2.61. The molecule has 0 saturated carbocycles. The van der Waals surface area contributed by atoms with Crippen molar-refractivity contribution in [1.29, 1.82) is 0 Å².